The molecule has 1 aliphatic carbocycles. The van der Waals surface area contributed by atoms with Crippen molar-refractivity contribution < 1.29 is 22.7 Å². The first-order chi connectivity index (χ1) is 8.39. The predicted molar refractivity (Wildman–Crippen MR) is 61.6 cm³/mol. The summed E-state index contributed by atoms with van der Waals surface area (Å²) in [5, 5.41) is 0. The second-order valence-electron chi connectivity index (χ2n) is 4.33. The first kappa shape index (κ1) is 13.4. The van der Waals surface area contributed by atoms with Gasteiger partial charge in [-0.05, 0) is 31.9 Å². The summed E-state index contributed by atoms with van der Waals surface area (Å²) in [5.74, 6) is -0.400. The van der Waals surface area contributed by atoms with Crippen LogP contribution < -0.4 is 0 Å². The Bertz CT molecular complexity index is 446. The number of carbonyl (C=O) groups is 1. The van der Waals surface area contributed by atoms with Crippen LogP contribution in [0.4, 0.5) is 13.2 Å². The topological polar surface area (TPSA) is 26.3 Å². The van der Waals surface area contributed by atoms with Crippen LogP contribution in [-0.2, 0) is 21.4 Å². The first-order valence-corrected chi connectivity index (χ1v) is 6.52. The van der Waals surface area contributed by atoms with Gasteiger partial charge in [-0.3, -0.25) is 4.79 Å². The highest BCUT2D eigenvalue weighted by molar-refractivity contribution is 7.12. The summed E-state index contributed by atoms with van der Waals surface area (Å²) >= 11 is 1.06. The van der Waals surface area contributed by atoms with Crippen LogP contribution in [0.3, 0.4) is 0 Å². The zero-order chi connectivity index (χ0) is 13.4. The lowest BCUT2D eigenvalue weighted by Crippen LogP contribution is -2.27. The smallest absolute Gasteiger partial charge is 0.399 e. The van der Waals surface area contributed by atoms with Gasteiger partial charge in [0.1, 0.15) is 5.41 Å². The molecule has 1 aliphatic rings. The van der Waals surface area contributed by atoms with Crippen molar-refractivity contribution in [2.75, 3.05) is 6.61 Å². The number of hydrogen-bond acceptors (Lipinski definition) is 3. The summed E-state index contributed by atoms with van der Waals surface area (Å²) in [6.07, 6.45) is -3.85. The van der Waals surface area contributed by atoms with E-state index in [2.05, 4.69) is 0 Å². The maximum Gasteiger partial charge on any atom is 0.399 e. The maximum absolute atomic E-state index is 12.9. The average Bonchev–Trinajstić information content (AvgIpc) is 2.95. The molecule has 2 nitrogen and oxygen atoms in total. The van der Waals surface area contributed by atoms with Gasteiger partial charge in [-0.2, -0.15) is 13.2 Å². The molecule has 6 heteroatoms. The van der Waals surface area contributed by atoms with Crippen molar-refractivity contribution in [1.29, 1.82) is 0 Å². The van der Waals surface area contributed by atoms with Gasteiger partial charge in [-0.15, -0.1) is 11.3 Å². The highest BCUT2D eigenvalue weighted by atomic mass is 32.1. The molecule has 18 heavy (non-hydrogen) atoms. The van der Waals surface area contributed by atoms with Crippen molar-refractivity contribution in [3.05, 3.63) is 21.9 Å². The van der Waals surface area contributed by atoms with Gasteiger partial charge in [0.25, 0.3) is 0 Å². The van der Waals surface area contributed by atoms with E-state index in [1.807, 2.05) is 0 Å². The summed E-state index contributed by atoms with van der Waals surface area (Å²) in [5.41, 5.74) is -1.65. The Hall–Kier alpha value is -1.04. The largest absolute Gasteiger partial charge is 0.466 e. The molecular weight excluding hydrogens is 265 g/mol. The van der Waals surface area contributed by atoms with Crippen molar-refractivity contribution in [2.45, 2.75) is 37.8 Å². The molecule has 1 aromatic heterocycles. The van der Waals surface area contributed by atoms with Crippen molar-refractivity contribution in [3.8, 4) is 0 Å². The molecule has 0 atom stereocenters. The minimum Gasteiger partial charge on any atom is -0.466 e. The Balaban J connectivity index is 2.10. The number of thiophene rings is 1. The Morgan fingerprint density at radius 1 is 1.44 bits per heavy atom. The van der Waals surface area contributed by atoms with E-state index in [1.165, 1.54) is 6.07 Å². The first-order valence-electron chi connectivity index (χ1n) is 5.70. The molecule has 1 aromatic rings. The van der Waals surface area contributed by atoms with Gasteiger partial charge in [-0.25, -0.2) is 0 Å². The molecular formula is C12H13F3O2S. The standard InChI is InChI=1S/C12H13F3O2S/c1-2-17-10(16)7-8-3-4-9(18-8)11(5-6-11)12(13,14)15/h3-4H,2,5-7H2,1H3. The zero-order valence-electron chi connectivity index (χ0n) is 9.84. The second-order valence-corrected chi connectivity index (χ2v) is 5.50. The Morgan fingerprint density at radius 2 is 2.11 bits per heavy atom. The minimum absolute atomic E-state index is 0.0481. The molecule has 0 amide bonds. The lowest BCUT2D eigenvalue weighted by molar-refractivity contribution is -0.159. The molecule has 1 heterocycles. The van der Waals surface area contributed by atoms with E-state index in [-0.39, 0.29) is 25.9 Å². The van der Waals surface area contributed by atoms with Crippen molar-refractivity contribution >= 4 is 17.3 Å². The summed E-state index contributed by atoms with van der Waals surface area (Å²) in [4.78, 5) is 12.2. The third-order valence-electron chi connectivity index (χ3n) is 3.05. The van der Waals surface area contributed by atoms with E-state index >= 15 is 0 Å². The van der Waals surface area contributed by atoms with Crippen LogP contribution in [0.1, 0.15) is 29.5 Å². The molecule has 0 radical (unpaired) electrons. The summed E-state index contributed by atoms with van der Waals surface area (Å²) in [6, 6.07) is 3.07. The van der Waals surface area contributed by atoms with Gasteiger partial charge in [0, 0.05) is 9.75 Å². The SMILES string of the molecule is CCOC(=O)Cc1ccc(C2(C(F)(F)F)CC2)s1. The van der Waals surface area contributed by atoms with Crippen LogP contribution in [0.25, 0.3) is 0 Å². The lowest BCUT2D eigenvalue weighted by atomic mass is 10.1. The molecule has 0 unspecified atom stereocenters. The lowest BCUT2D eigenvalue weighted by Gasteiger charge is -2.17. The van der Waals surface area contributed by atoms with E-state index < -0.39 is 17.6 Å². The third-order valence-corrected chi connectivity index (χ3v) is 4.34. The summed E-state index contributed by atoms with van der Waals surface area (Å²) < 4.78 is 43.4. The van der Waals surface area contributed by atoms with Gasteiger partial charge in [-0.1, -0.05) is 0 Å². The molecule has 0 aliphatic heterocycles. The molecule has 0 spiro atoms. The highest BCUT2D eigenvalue weighted by Crippen LogP contribution is 2.60. The number of ether oxygens (including phenoxy) is 1. The Kier molecular flexibility index (Phi) is 3.40. The normalized spacial score (nSPS) is 17.6. The fourth-order valence-corrected chi connectivity index (χ4v) is 3.14. The van der Waals surface area contributed by atoms with Crippen LogP contribution in [0, 0.1) is 0 Å². The molecule has 0 N–H and O–H groups in total. The van der Waals surface area contributed by atoms with E-state index in [1.54, 1.807) is 13.0 Å². The summed E-state index contributed by atoms with van der Waals surface area (Å²) in [6.45, 7) is 1.98. The highest BCUT2D eigenvalue weighted by Gasteiger charge is 2.64. The predicted octanol–water partition coefficient (Wildman–Crippen LogP) is 3.45. The number of rotatable bonds is 4. The number of halogens is 3. The number of alkyl halides is 3. The van der Waals surface area contributed by atoms with Crippen molar-refractivity contribution in [2.24, 2.45) is 0 Å². The maximum atomic E-state index is 12.9. The minimum atomic E-state index is -4.20. The number of hydrogen-bond donors (Lipinski definition) is 0. The average molecular weight is 278 g/mol. The van der Waals surface area contributed by atoms with Gasteiger partial charge in [0.2, 0.25) is 0 Å². The van der Waals surface area contributed by atoms with E-state index in [9.17, 15) is 18.0 Å². The monoisotopic (exact) mass is 278 g/mol. The van der Waals surface area contributed by atoms with Gasteiger partial charge in [0.15, 0.2) is 0 Å². The van der Waals surface area contributed by atoms with Gasteiger partial charge >= 0.3 is 12.1 Å². The molecule has 100 valence electrons. The fraction of sp³-hybridized carbons (Fsp3) is 0.583. The zero-order valence-corrected chi connectivity index (χ0v) is 10.7. The van der Waals surface area contributed by atoms with Crippen LogP contribution in [-0.4, -0.2) is 18.8 Å². The molecule has 0 saturated heterocycles. The van der Waals surface area contributed by atoms with Crippen LogP contribution >= 0.6 is 11.3 Å². The Morgan fingerprint density at radius 3 is 2.61 bits per heavy atom. The van der Waals surface area contributed by atoms with E-state index in [0.29, 0.717) is 9.75 Å². The quantitative estimate of drug-likeness (QED) is 0.789. The van der Waals surface area contributed by atoms with Gasteiger partial charge < -0.3 is 4.74 Å². The van der Waals surface area contributed by atoms with Crippen LogP contribution in [0.15, 0.2) is 12.1 Å². The third kappa shape index (κ3) is 2.39. The second kappa shape index (κ2) is 4.57. The van der Waals surface area contributed by atoms with E-state index in [0.717, 1.165) is 11.3 Å². The summed E-state index contributed by atoms with van der Waals surface area (Å²) in [7, 11) is 0. The fourth-order valence-electron chi connectivity index (χ4n) is 1.88. The number of carbonyl (C=O) groups excluding carboxylic acids is 1. The van der Waals surface area contributed by atoms with Crippen molar-refractivity contribution in [1.82, 2.24) is 0 Å². The molecule has 2 rings (SSSR count). The van der Waals surface area contributed by atoms with Crippen LogP contribution in [0.5, 0.6) is 0 Å². The van der Waals surface area contributed by atoms with Crippen LogP contribution in [0.2, 0.25) is 0 Å². The molecule has 1 fully saturated rings. The molecule has 0 aromatic carbocycles. The molecule has 1 saturated carbocycles. The van der Waals surface area contributed by atoms with E-state index in [4.69, 9.17) is 4.74 Å². The van der Waals surface area contributed by atoms with Crippen molar-refractivity contribution in [3.63, 3.8) is 0 Å². The number of esters is 1. The molecule has 0 bridgehead atoms. The Labute approximate surface area is 107 Å². The van der Waals surface area contributed by atoms with Gasteiger partial charge in [0.05, 0.1) is 13.0 Å².